The molecule has 3 heteroatoms. The first-order valence-electron chi connectivity index (χ1n) is 2.64. The molecule has 0 aromatic heterocycles. The van der Waals surface area contributed by atoms with E-state index in [0.717, 1.165) is 11.2 Å². The molecule has 3 nitrogen and oxygen atoms in total. The third-order valence-electron chi connectivity index (χ3n) is 1.27. The van der Waals surface area contributed by atoms with E-state index >= 15 is 0 Å². The van der Waals surface area contributed by atoms with Crippen molar-refractivity contribution in [1.29, 1.82) is 0 Å². The smallest absolute Gasteiger partial charge is 0.180 e. The highest BCUT2D eigenvalue weighted by Crippen LogP contribution is 1.99. The second kappa shape index (κ2) is 2.13. The quantitative estimate of drug-likeness (QED) is 0.356. The molecule has 0 radical (unpaired) electrons. The number of hydrogen-bond acceptors (Lipinski definition) is 2. The van der Waals surface area contributed by atoms with Gasteiger partial charge in [0.15, 0.2) is 12.8 Å². The van der Waals surface area contributed by atoms with Crippen molar-refractivity contribution in [3.05, 3.63) is 5.21 Å². The van der Waals surface area contributed by atoms with E-state index in [9.17, 15) is 5.21 Å². The maximum absolute atomic E-state index is 10.4. The zero-order valence-corrected chi connectivity index (χ0v) is 4.83. The lowest BCUT2D eigenvalue weighted by Crippen LogP contribution is -2.07. The average molecular weight is 115 g/mol. The van der Waals surface area contributed by atoms with E-state index in [-0.39, 0.29) is 6.10 Å². The Bertz CT molecular complexity index is 111. The van der Waals surface area contributed by atoms with Gasteiger partial charge < -0.3 is 9.94 Å². The standard InChI is InChI=1S/C5H9NO2/c1-8-5-2-3-6(7)4-5/h4-5H,2-3H2,1H3/t5-/m1/s1. The van der Waals surface area contributed by atoms with Crippen molar-refractivity contribution in [2.45, 2.75) is 12.5 Å². The fourth-order valence-corrected chi connectivity index (χ4v) is 0.768. The second-order valence-electron chi connectivity index (χ2n) is 1.85. The predicted molar refractivity (Wildman–Crippen MR) is 30.0 cm³/mol. The van der Waals surface area contributed by atoms with Crippen LogP contribution in [0.25, 0.3) is 0 Å². The number of hydroxylamine groups is 1. The van der Waals surface area contributed by atoms with Gasteiger partial charge in [-0.3, -0.25) is 0 Å². The number of rotatable bonds is 1. The van der Waals surface area contributed by atoms with Crippen LogP contribution in [0.5, 0.6) is 0 Å². The van der Waals surface area contributed by atoms with Gasteiger partial charge >= 0.3 is 0 Å². The normalized spacial score (nSPS) is 28.1. The number of hydrogen-bond donors (Lipinski definition) is 0. The molecule has 0 saturated heterocycles. The molecule has 1 atom stereocenters. The minimum absolute atomic E-state index is 0.0625. The molecule has 1 aliphatic heterocycles. The lowest BCUT2D eigenvalue weighted by molar-refractivity contribution is -0.443. The molecule has 8 heavy (non-hydrogen) atoms. The molecule has 0 aromatic rings. The zero-order valence-electron chi connectivity index (χ0n) is 4.83. The molecule has 0 aromatic carbocycles. The molecule has 0 aliphatic carbocycles. The third-order valence-corrected chi connectivity index (χ3v) is 1.27. The van der Waals surface area contributed by atoms with Crippen LogP contribution in [0.2, 0.25) is 0 Å². The summed E-state index contributed by atoms with van der Waals surface area (Å²) in [5, 5.41) is 10.4. The maximum Gasteiger partial charge on any atom is 0.180 e. The molecular weight excluding hydrogens is 106 g/mol. The first-order valence-corrected chi connectivity index (χ1v) is 2.64. The fourth-order valence-electron chi connectivity index (χ4n) is 0.768. The van der Waals surface area contributed by atoms with E-state index in [0.29, 0.717) is 6.54 Å². The third kappa shape index (κ3) is 0.980. The maximum atomic E-state index is 10.4. The monoisotopic (exact) mass is 115 g/mol. The molecule has 46 valence electrons. The molecule has 1 aliphatic rings. The zero-order chi connectivity index (χ0) is 5.98. The molecule has 0 bridgehead atoms. The van der Waals surface area contributed by atoms with Gasteiger partial charge in [-0.25, -0.2) is 4.74 Å². The van der Waals surface area contributed by atoms with Gasteiger partial charge in [-0.2, -0.15) is 0 Å². The topological polar surface area (TPSA) is 35.3 Å². The highest BCUT2D eigenvalue weighted by atomic mass is 16.5. The Morgan fingerprint density at radius 1 is 1.88 bits per heavy atom. The lowest BCUT2D eigenvalue weighted by Gasteiger charge is -1.94. The van der Waals surface area contributed by atoms with Crippen LogP contribution in [0.3, 0.4) is 0 Å². The summed E-state index contributed by atoms with van der Waals surface area (Å²) in [5.41, 5.74) is 0. The Labute approximate surface area is 48.2 Å². The molecule has 1 heterocycles. The van der Waals surface area contributed by atoms with Crippen LogP contribution in [-0.2, 0) is 4.74 Å². The fraction of sp³-hybridized carbons (Fsp3) is 0.800. The Hall–Kier alpha value is -0.570. The summed E-state index contributed by atoms with van der Waals surface area (Å²) in [7, 11) is 1.61. The molecule has 0 saturated carbocycles. The van der Waals surface area contributed by atoms with E-state index in [2.05, 4.69) is 0 Å². The summed E-state index contributed by atoms with van der Waals surface area (Å²) in [4.78, 5) is 0. The summed E-state index contributed by atoms with van der Waals surface area (Å²) in [5.74, 6) is 0. The summed E-state index contributed by atoms with van der Waals surface area (Å²) in [6.45, 7) is 0.582. The van der Waals surface area contributed by atoms with Gasteiger partial charge in [0.1, 0.15) is 6.10 Å². The summed E-state index contributed by atoms with van der Waals surface area (Å²) < 4.78 is 5.80. The molecule has 0 amide bonds. The van der Waals surface area contributed by atoms with Crippen molar-refractivity contribution in [3.8, 4) is 0 Å². The molecule has 0 fully saturated rings. The summed E-state index contributed by atoms with van der Waals surface area (Å²) in [6.07, 6.45) is 2.45. The highest BCUT2D eigenvalue weighted by Gasteiger charge is 2.16. The van der Waals surface area contributed by atoms with Crippen LogP contribution >= 0.6 is 0 Å². The molecule has 1 rings (SSSR count). The van der Waals surface area contributed by atoms with Gasteiger partial charge in [0.05, 0.1) is 0 Å². The van der Waals surface area contributed by atoms with Crippen LogP contribution in [0, 0.1) is 5.21 Å². The van der Waals surface area contributed by atoms with E-state index in [1.807, 2.05) is 0 Å². The van der Waals surface area contributed by atoms with E-state index in [4.69, 9.17) is 4.74 Å². The first-order chi connectivity index (χ1) is 3.83. The summed E-state index contributed by atoms with van der Waals surface area (Å²) in [6, 6.07) is 0. The average Bonchev–Trinajstić information content (AvgIpc) is 2.14. The lowest BCUT2D eigenvalue weighted by atomic mass is 10.3. The minimum Gasteiger partial charge on any atom is -0.624 e. The minimum atomic E-state index is 0.0625. The Morgan fingerprint density at radius 2 is 2.62 bits per heavy atom. The van der Waals surface area contributed by atoms with E-state index in [1.54, 1.807) is 13.3 Å². The number of nitrogens with zero attached hydrogens (tertiary/aromatic N) is 1. The van der Waals surface area contributed by atoms with Crippen LogP contribution in [-0.4, -0.2) is 30.7 Å². The predicted octanol–water partition coefficient (Wildman–Crippen LogP) is -0.0138. The number of methoxy groups -OCH3 is 1. The van der Waals surface area contributed by atoms with Crippen LogP contribution in [0.1, 0.15) is 6.42 Å². The van der Waals surface area contributed by atoms with Crippen molar-refractivity contribution in [1.82, 2.24) is 0 Å². The van der Waals surface area contributed by atoms with Crippen LogP contribution in [0.15, 0.2) is 0 Å². The van der Waals surface area contributed by atoms with Crippen molar-refractivity contribution >= 4 is 6.21 Å². The largest absolute Gasteiger partial charge is 0.624 e. The Balaban J connectivity index is 2.41. The van der Waals surface area contributed by atoms with Crippen LogP contribution < -0.4 is 0 Å². The van der Waals surface area contributed by atoms with Crippen molar-refractivity contribution in [3.63, 3.8) is 0 Å². The summed E-state index contributed by atoms with van der Waals surface area (Å²) >= 11 is 0. The molecule has 0 N–H and O–H groups in total. The second-order valence-corrected chi connectivity index (χ2v) is 1.85. The first kappa shape index (κ1) is 5.56. The molecule has 0 unspecified atom stereocenters. The SMILES string of the molecule is CO[C@H]1C=[N+]([O-])CC1. The van der Waals surface area contributed by atoms with Gasteiger partial charge in [0, 0.05) is 13.5 Å². The Kier molecular flexibility index (Phi) is 1.48. The van der Waals surface area contributed by atoms with Crippen molar-refractivity contribution < 1.29 is 9.48 Å². The van der Waals surface area contributed by atoms with Gasteiger partial charge in [-0.05, 0) is 0 Å². The van der Waals surface area contributed by atoms with Gasteiger partial charge in [-0.15, -0.1) is 0 Å². The van der Waals surface area contributed by atoms with Gasteiger partial charge in [0.2, 0.25) is 0 Å². The molecule has 0 spiro atoms. The Morgan fingerprint density at radius 3 is 2.88 bits per heavy atom. The van der Waals surface area contributed by atoms with Gasteiger partial charge in [-0.1, -0.05) is 0 Å². The number of ether oxygens (including phenoxy) is 1. The highest BCUT2D eigenvalue weighted by molar-refractivity contribution is 5.58. The van der Waals surface area contributed by atoms with Crippen molar-refractivity contribution in [2.24, 2.45) is 0 Å². The van der Waals surface area contributed by atoms with E-state index < -0.39 is 0 Å². The van der Waals surface area contributed by atoms with Crippen LogP contribution in [0.4, 0.5) is 0 Å². The molecular formula is C5H9NO2. The van der Waals surface area contributed by atoms with Gasteiger partial charge in [0.25, 0.3) is 0 Å². The van der Waals surface area contributed by atoms with E-state index in [1.165, 1.54) is 0 Å². The van der Waals surface area contributed by atoms with Crippen molar-refractivity contribution in [2.75, 3.05) is 13.7 Å².